The molecule has 0 aliphatic carbocycles. The van der Waals surface area contributed by atoms with Gasteiger partial charge in [-0.3, -0.25) is 9.69 Å². The second-order valence-electron chi connectivity index (χ2n) is 7.23. The zero-order valence-corrected chi connectivity index (χ0v) is 17.8. The summed E-state index contributed by atoms with van der Waals surface area (Å²) >= 11 is 1.35. The van der Waals surface area contributed by atoms with Gasteiger partial charge in [-0.1, -0.05) is 12.1 Å². The number of carbonyl (C=O) groups excluding carboxylic acids is 2. The largest absolute Gasteiger partial charge is 0.489 e. The average molecular weight is 452 g/mol. The second kappa shape index (κ2) is 8.75. The third-order valence-corrected chi connectivity index (χ3v) is 5.84. The summed E-state index contributed by atoms with van der Waals surface area (Å²) in [7, 11) is 0. The lowest BCUT2D eigenvalue weighted by Gasteiger charge is -2.10. The number of thiazole rings is 1. The topological polar surface area (TPSA) is 102 Å². The van der Waals surface area contributed by atoms with Crippen molar-refractivity contribution in [3.63, 3.8) is 0 Å². The normalized spacial score (nSPS) is 14.4. The quantitative estimate of drug-likeness (QED) is 0.571. The molecular weight excluding hydrogens is 432 g/mol. The number of aromatic nitrogens is 1. The third-order valence-electron chi connectivity index (χ3n) is 4.93. The van der Waals surface area contributed by atoms with E-state index in [0.29, 0.717) is 53.5 Å². The molecular formula is C22H20N4O5S. The lowest BCUT2D eigenvalue weighted by molar-refractivity contribution is -0.115. The van der Waals surface area contributed by atoms with Crippen molar-refractivity contribution in [3.05, 3.63) is 59.1 Å². The first-order valence-corrected chi connectivity index (χ1v) is 10.9. The van der Waals surface area contributed by atoms with Crippen LogP contribution < -0.4 is 29.7 Å². The van der Waals surface area contributed by atoms with Crippen LogP contribution in [0.3, 0.4) is 0 Å². The first kappa shape index (κ1) is 20.1. The molecule has 3 heterocycles. The maximum atomic E-state index is 12.5. The monoisotopic (exact) mass is 452 g/mol. The van der Waals surface area contributed by atoms with Gasteiger partial charge in [0.15, 0.2) is 16.6 Å². The number of rotatable bonds is 7. The molecule has 1 fully saturated rings. The maximum absolute atomic E-state index is 12.5. The third kappa shape index (κ3) is 4.45. The highest BCUT2D eigenvalue weighted by atomic mass is 32.1. The van der Waals surface area contributed by atoms with E-state index in [1.54, 1.807) is 16.3 Å². The molecule has 9 nitrogen and oxygen atoms in total. The number of nitrogens with one attached hydrogen (secondary N) is 2. The van der Waals surface area contributed by atoms with Crippen LogP contribution in [0.1, 0.15) is 11.3 Å². The van der Waals surface area contributed by atoms with E-state index in [1.807, 2.05) is 36.4 Å². The number of anilines is 2. The fraction of sp³-hybridized carbons (Fsp3) is 0.227. The van der Waals surface area contributed by atoms with Crippen molar-refractivity contribution >= 4 is 34.1 Å². The van der Waals surface area contributed by atoms with E-state index in [1.165, 1.54) is 11.3 Å². The number of urea groups is 1. The van der Waals surface area contributed by atoms with Gasteiger partial charge in [0.2, 0.25) is 12.7 Å². The van der Waals surface area contributed by atoms with Gasteiger partial charge in [-0.05, 0) is 29.8 Å². The first-order valence-electron chi connectivity index (χ1n) is 10.0. The Bertz CT molecular complexity index is 1160. The Balaban J connectivity index is 1.16. The van der Waals surface area contributed by atoms with Gasteiger partial charge in [-0.25, -0.2) is 9.78 Å². The van der Waals surface area contributed by atoms with Crippen molar-refractivity contribution in [2.45, 2.75) is 13.0 Å². The first-order chi connectivity index (χ1) is 15.6. The molecule has 0 spiro atoms. The molecule has 3 aromatic rings. The molecule has 164 valence electrons. The minimum Gasteiger partial charge on any atom is -0.489 e. The predicted molar refractivity (Wildman–Crippen MR) is 119 cm³/mol. The molecule has 0 radical (unpaired) electrons. The van der Waals surface area contributed by atoms with E-state index in [2.05, 4.69) is 15.6 Å². The molecule has 5 rings (SSSR count). The SMILES string of the molecule is O=C(Cc1csc(N2CCNC2=O)n1)Nc1cccc(COc2ccc3c(c2)OCO3)c1. The van der Waals surface area contributed by atoms with E-state index >= 15 is 0 Å². The number of fused-ring (bicyclic) bond motifs is 1. The van der Waals surface area contributed by atoms with Crippen LogP contribution in [0, 0.1) is 0 Å². The molecule has 1 aromatic heterocycles. The van der Waals surface area contributed by atoms with Crippen LogP contribution in [0.4, 0.5) is 15.6 Å². The smallest absolute Gasteiger partial charge is 0.323 e. The highest BCUT2D eigenvalue weighted by Crippen LogP contribution is 2.35. The zero-order valence-electron chi connectivity index (χ0n) is 17.0. The van der Waals surface area contributed by atoms with E-state index in [4.69, 9.17) is 14.2 Å². The van der Waals surface area contributed by atoms with Gasteiger partial charge in [-0.2, -0.15) is 0 Å². The minimum atomic E-state index is -0.179. The Kier molecular flexibility index (Phi) is 5.51. The Morgan fingerprint density at radius 1 is 1.22 bits per heavy atom. The van der Waals surface area contributed by atoms with E-state index < -0.39 is 0 Å². The molecule has 2 aliphatic rings. The summed E-state index contributed by atoms with van der Waals surface area (Å²) in [5.74, 6) is 1.87. The van der Waals surface area contributed by atoms with Gasteiger partial charge < -0.3 is 24.8 Å². The maximum Gasteiger partial charge on any atom is 0.323 e. The zero-order chi connectivity index (χ0) is 21.9. The van der Waals surface area contributed by atoms with Crippen LogP contribution >= 0.6 is 11.3 Å². The van der Waals surface area contributed by atoms with Crippen molar-refractivity contribution in [1.82, 2.24) is 10.3 Å². The number of benzene rings is 2. The molecule has 2 aromatic carbocycles. The summed E-state index contributed by atoms with van der Waals surface area (Å²) in [6.45, 7) is 1.75. The standard InChI is InChI=1S/C22H20N4O5S/c27-20(9-16-12-32-22(25-16)26-7-6-23-21(26)28)24-15-3-1-2-14(8-15)11-29-17-4-5-18-19(10-17)31-13-30-18/h1-5,8,10,12H,6-7,9,11,13H2,(H,23,28)(H,24,27). The van der Waals surface area contributed by atoms with Gasteiger partial charge in [0, 0.05) is 30.2 Å². The van der Waals surface area contributed by atoms with Crippen LogP contribution in [-0.2, 0) is 17.8 Å². The van der Waals surface area contributed by atoms with Crippen molar-refractivity contribution in [1.29, 1.82) is 0 Å². The Morgan fingerprint density at radius 3 is 3.00 bits per heavy atom. The molecule has 0 bridgehead atoms. The Hall–Kier alpha value is -3.79. The molecule has 2 aliphatic heterocycles. The van der Waals surface area contributed by atoms with Crippen molar-refractivity contribution in [2.75, 3.05) is 30.1 Å². The highest BCUT2D eigenvalue weighted by molar-refractivity contribution is 7.14. The summed E-state index contributed by atoms with van der Waals surface area (Å²) in [5, 5.41) is 8.04. The van der Waals surface area contributed by atoms with Gasteiger partial charge >= 0.3 is 6.03 Å². The van der Waals surface area contributed by atoms with E-state index in [0.717, 1.165) is 5.56 Å². The van der Waals surface area contributed by atoms with Gasteiger partial charge in [0.25, 0.3) is 0 Å². The van der Waals surface area contributed by atoms with Crippen LogP contribution in [0.2, 0.25) is 0 Å². The van der Waals surface area contributed by atoms with Crippen molar-refractivity contribution < 1.29 is 23.8 Å². The summed E-state index contributed by atoms with van der Waals surface area (Å²) in [6.07, 6.45) is 0.129. The molecule has 32 heavy (non-hydrogen) atoms. The van der Waals surface area contributed by atoms with Crippen LogP contribution in [0.25, 0.3) is 0 Å². The Morgan fingerprint density at radius 2 is 2.12 bits per heavy atom. The predicted octanol–water partition coefficient (Wildman–Crippen LogP) is 3.16. The molecule has 10 heteroatoms. The number of amides is 3. The number of nitrogens with zero attached hydrogens (tertiary/aromatic N) is 2. The van der Waals surface area contributed by atoms with E-state index in [-0.39, 0.29) is 25.2 Å². The van der Waals surface area contributed by atoms with Crippen molar-refractivity contribution in [3.8, 4) is 17.2 Å². The number of ether oxygens (including phenoxy) is 3. The Labute approximate surface area is 187 Å². The fourth-order valence-corrected chi connectivity index (χ4v) is 4.25. The van der Waals surface area contributed by atoms with Crippen LogP contribution in [0.15, 0.2) is 47.8 Å². The van der Waals surface area contributed by atoms with Crippen LogP contribution in [-0.4, -0.2) is 36.8 Å². The van der Waals surface area contributed by atoms with Crippen molar-refractivity contribution in [2.24, 2.45) is 0 Å². The van der Waals surface area contributed by atoms with Gasteiger partial charge in [0.1, 0.15) is 12.4 Å². The molecule has 1 saturated heterocycles. The lowest BCUT2D eigenvalue weighted by atomic mass is 10.2. The minimum absolute atomic E-state index is 0.129. The summed E-state index contributed by atoms with van der Waals surface area (Å²) in [5.41, 5.74) is 2.22. The van der Waals surface area contributed by atoms with E-state index in [9.17, 15) is 9.59 Å². The summed E-state index contributed by atoms with van der Waals surface area (Å²) in [4.78, 5) is 30.2. The average Bonchev–Trinajstić information content (AvgIpc) is 3.53. The number of hydrogen-bond acceptors (Lipinski definition) is 7. The molecule has 3 amide bonds. The lowest BCUT2D eigenvalue weighted by Crippen LogP contribution is -2.27. The molecule has 2 N–H and O–H groups in total. The molecule has 0 atom stereocenters. The molecule has 0 saturated carbocycles. The number of hydrogen-bond donors (Lipinski definition) is 2. The van der Waals surface area contributed by atoms with Gasteiger partial charge in [0.05, 0.1) is 12.1 Å². The molecule has 0 unspecified atom stereocenters. The second-order valence-corrected chi connectivity index (χ2v) is 8.07. The number of carbonyl (C=O) groups is 2. The van der Waals surface area contributed by atoms with Crippen LogP contribution in [0.5, 0.6) is 17.2 Å². The van der Waals surface area contributed by atoms with Gasteiger partial charge in [-0.15, -0.1) is 11.3 Å². The summed E-state index contributed by atoms with van der Waals surface area (Å²) in [6, 6.07) is 12.8. The fourth-order valence-electron chi connectivity index (χ4n) is 3.40. The highest BCUT2D eigenvalue weighted by Gasteiger charge is 2.24. The summed E-state index contributed by atoms with van der Waals surface area (Å²) < 4.78 is 16.5.